The summed E-state index contributed by atoms with van der Waals surface area (Å²) in [7, 11) is 0. The lowest BCUT2D eigenvalue weighted by atomic mass is 9.74. The summed E-state index contributed by atoms with van der Waals surface area (Å²) < 4.78 is 0. The van der Waals surface area contributed by atoms with Gasteiger partial charge in [-0.1, -0.05) is 66.7 Å². The van der Waals surface area contributed by atoms with Gasteiger partial charge < -0.3 is 0 Å². The third-order valence-electron chi connectivity index (χ3n) is 3.92. The first-order valence-electron chi connectivity index (χ1n) is 6.56. The van der Waals surface area contributed by atoms with E-state index >= 15 is 0 Å². The van der Waals surface area contributed by atoms with Crippen molar-refractivity contribution >= 4 is 5.78 Å². The van der Waals surface area contributed by atoms with Crippen LogP contribution in [0.4, 0.5) is 0 Å². The van der Waals surface area contributed by atoms with Gasteiger partial charge in [0.05, 0.1) is 0 Å². The fourth-order valence-corrected chi connectivity index (χ4v) is 2.90. The summed E-state index contributed by atoms with van der Waals surface area (Å²) in [6, 6.07) is 20.6. The first-order chi connectivity index (χ1) is 9.22. The Morgan fingerprint density at radius 2 is 1.32 bits per heavy atom. The molecule has 0 saturated carbocycles. The number of rotatable bonds is 2. The molecule has 1 aliphatic carbocycles. The molecule has 19 heavy (non-hydrogen) atoms. The van der Waals surface area contributed by atoms with E-state index in [0.29, 0.717) is 6.42 Å². The van der Waals surface area contributed by atoms with Gasteiger partial charge in [0.25, 0.3) is 0 Å². The van der Waals surface area contributed by atoms with Gasteiger partial charge in [-0.3, -0.25) is 4.79 Å². The molecule has 0 radical (unpaired) electrons. The zero-order chi connectivity index (χ0) is 13.3. The molecule has 0 bridgehead atoms. The Labute approximate surface area is 113 Å². The van der Waals surface area contributed by atoms with Crippen molar-refractivity contribution in [2.45, 2.75) is 18.8 Å². The van der Waals surface area contributed by atoms with Crippen LogP contribution in [0.5, 0.6) is 0 Å². The van der Waals surface area contributed by atoms with Crippen molar-refractivity contribution in [3.63, 3.8) is 0 Å². The predicted octanol–water partition coefficient (Wildman–Crippen LogP) is 3.89. The number of hydrogen-bond donors (Lipinski definition) is 0. The van der Waals surface area contributed by atoms with E-state index in [1.807, 2.05) is 43.3 Å². The molecular weight excluding hydrogens is 232 g/mol. The number of ketones is 1. The fourth-order valence-electron chi connectivity index (χ4n) is 2.90. The van der Waals surface area contributed by atoms with Gasteiger partial charge >= 0.3 is 0 Å². The molecule has 3 rings (SSSR count). The van der Waals surface area contributed by atoms with Crippen molar-refractivity contribution in [3.8, 4) is 0 Å². The lowest BCUT2D eigenvalue weighted by molar-refractivity contribution is -0.115. The molecule has 0 aliphatic heterocycles. The van der Waals surface area contributed by atoms with Gasteiger partial charge in [-0.15, -0.1) is 0 Å². The van der Waals surface area contributed by atoms with Crippen molar-refractivity contribution in [1.29, 1.82) is 0 Å². The Balaban J connectivity index is 2.22. The summed E-state index contributed by atoms with van der Waals surface area (Å²) in [5.41, 5.74) is 2.95. The van der Waals surface area contributed by atoms with Crippen LogP contribution in [0, 0.1) is 0 Å². The number of hydrogen-bond acceptors (Lipinski definition) is 1. The van der Waals surface area contributed by atoms with Crippen LogP contribution in [0.1, 0.15) is 24.5 Å². The van der Waals surface area contributed by atoms with E-state index in [-0.39, 0.29) is 11.2 Å². The Kier molecular flexibility index (Phi) is 2.83. The highest BCUT2D eigenvalue weighted by Crippen LogP contribution is 2.42. The molecule has 1 heteroatoms. The van der Waals surface area contributed by atoms with Crippen LogP contribution in [0.2, 0.25) is 0 Å². The minimum absolute atomic E-state index is 0.243. The topological polar surface area (TPSA) is 17.1 Å². The smallest absolute Gasteiger partial charge is 0.159 e. The van der Waals surface area contributed by atoms with Gasteiger partial charge in [-0.05, 0) is 23.6 Å². The van der Waals surface area contributed by atoms with Crippen molar-refractivity contribution < 1.29 is 4.79 Å². The quantitative estimate of drug-likeness (QED) is 0.788. The van der Waals surface area contributed by atoms with Gasteiger partial charge in [0.15, 0.2) is 5.78 Å². The Bertz CT molecular complexity index is 584. The molecule has 0 aromatic heterocycles. The van der Waals surface area contributed by atoms with Crippen LogP contribution < -0.4 is 0 Å². The average Bonchev–Trinajstić information content (AvgIpc) is 2.78. The first kappa shape index (κ1) is 11.9. The third-order valence-corrected chi connectivity index (χ3v) is 3.92. The maximum absolute atomic E-state index is 12.1. The molecule has 1 nitrogen and oxygen atoms in total. The van der Waals surface area contributed by atoms with E-state index < -0.39 is 0 Å². The summed E-state index contributed by atoms with van der Waals surface area (Å²) in [5.74, 6) is 0.243. The standard InChI is InChI=1S/C18H16O/c1-14-12-18(13-17(14)19,15-8-4-2-5-9-15)16-10-6-3-7-11-16/h2-12H,13H2,1H3. The molecular formula is C18H16O. The second kappa shape index (κ2) is 4.51. The zero-order valence-corrected chi connectivity index (χ0v) is 11.0. The number of carbonyl (C=O) groups excluding carboxylic acids is 1. The molecule has 0 atom stereocenters. The predicted molar refractivity (Wildman–Crippen MR) is 77.0 cm³/mol. The van der Waals surface area contributed by atoms with E-state index in [1.165, 1.54) is 11.1 Å². The van der Waals surface area contributed by atoms with Crippen molar-refractivity contribution in [2.75, 3.05) is 0 Å². The Hall–Kier alpha value is -2.15. The van der Waals surface area contributed by atoms with Crippen LogP contribution in [0.25, 0.3) is 0 Å². The van der Waals surface area contributed by atoms with Crippen LogP contribution in [0.3, 0.4) is 0 Å². The molecule has 0 unspecified atom stereocenters. The summed E-state index contributed by atoms with van der Waals surface area (Å²) in [6.45, 7) is 1.91. The molecule has 0 amide bonds. The average molecular weight is 248 g/mol. The molecule has 2 aromatic carbocycles. The fraction of sp³-hybridized carbons (Fsp3) is 0.167. The second-order valence-electron chi connectivity index (χ2n) is 5.13. The normalized spacial score (nSPS) is 17.3. The van der Waals surface area contributed by atoms with Crippen molar-refractivity contribution in [2.24, 2.45) is 0 Å². The maximum atomic E-state index is 12.1. The minimum Gasteiger partial charge on any atom is -0.295 e. The molecule has 0 spiro atoms. The van der Waals surface area contributed by atoms with Crippen LogP contribution >= 0.6 is 0 Å². The monoisotopic (exact) mass is 248 g/mol. The van der Waals surface area contributed by atoms with Crippen molar-refractivity contribution in [1.82, 2.24) is 0 Å². The number of allylic oxidation sites excluding steroid dienone is 2. The number of Topliss-reactive ketones (excluding diaryl/α,β-unsaturated/α-hetero) is 1. The highest BCUT2D eigenvalue weighted by Gasteiger charge is 2.39. The zero-order valence-electron chi connectivity index (χ0n) is 11.0. The van der Waals surface area contributed by atoms with E-state index in [9.17, 15) is 4.79 Å². The lowest BCUT2D eigenvalue weighted by Gasteiger charge is -2.28. The van der Waals surface area contributed by atoms with Crippen molar-refractivity contribution in [3.05, 3.63) is 83.4 Å². The molecule has 2 aromatic rings. The summed E-state index contributed by atoms with van der Waals surface area (Å²) in [4.78, 5) is 12.1. The molecule has 0 saturated heterocycles. The van der Waals surface area contributed by atoms with E-state index in [2.05, 4.69) is 30.3 Å². The van der Waals surface area contributed by atoms with Crippen LogP contribution in [0.15, 0.2) is 72.3 Å². The minimum atomic E-state index is -0.288. The van der Waals surface area contributed by atoms with E-state index in [0.717, 1.165) is 5.57 Å². The molecule has 0 heterocycles. The largest absolute Gasteiger partial charge is 0.295 e. The SMILES string of the molecule is CC1=CC(c2ccccc2)(c2ccccc2)CC1=O. The number of benzene rings is 2. The van der Waals surface area contributed by atoms with E-state index in [1.54, 1.807) is 0 Å². The molecule has 94 valence electrons. The maximum Gasteiger partial charge on any atom is 0.159 e. The van der Waals surface area contributed by atoms with Gasteiger partial charge in [-0.2, -0.15) is 0 Å². The second-order valence-corrected chi connectivity index (χ2v) is 5.13. The lowest BCUT2D eigenvalue weighted by Crippen LogP contribution is -2.24. The summed E-state index contributed by atoms with van der Waals surface area (Å²) >= 11 is 0. The van der Waals surface area contributed by atoms with Gasteiger partial charge in [0.1, 0.15) is 0 Å². The molecule has 0 fully saturated rings. The highest BCUT2D eigenvalue weighted by atomic mass is 16.1. The van der Waals surface area contributed by atoms with E-state index in [4.69, 9.17) is 0 Å². The first-order valence-corrected chi connectivity index (χ1v) is 6.56. The number of carbonyl (C=O) groups is 1. The molecule has 0 N–H and O–H groups in total. The molecule has 1 aliphatic rings. The van der Waals surface area contributed by atoms with Crippen LogP contribution in [-0.4, -0.2) is 5.78 Å². The Morgan fingerprint density at radius 3 is 1.68 bits per heavy atom. The summed E-state index contributed by atoms with van der Waals surface area (Å²) in [5, 5.41) is 0. The van der Waals surface area contributed by atoms with Gasteiger partial charge in [0.2, 0.25) is 0 Å². The summed E-state index contributed by atoms with van der Waals surface area (Å²) in [6.07, 6.45) is 2.66. The van der Waals surface area contributed by atoms with Gasteiger partial charge in [-0.25, -0.2) is 0 Å². The highest BCUT2D eigenvalue weighted by molar-refractivity contribution is 6.00. The van der Waals surface area contributed by atoms with Crippen LogP contribution in [-0.2, 0) is 10.2 Å². The van der Waals surface area contributed by atoms with Gasteiger partial charge in [0, 0.05) is 11.8 Å². The third kappa shape index (κ3) is 1.91. The Morgan fingerprint density at radius 1 is 0.842 bits per heavy atom.